The van der Waals surface area contributed by atoms with Gasteiger partial charge in [-0.3, -0.25) is 0 Å². The average Bonchev–Trinajstić information content (AvgIpc) is 2.36. The molecule has 0 atom stereocenters. The van der Waals surface area contributed by atoms with E-state index in [-0.39, 0.29) is 36.4 Å². The van der Waals surface area contributed by atoms with Gasteiger partial charge in [0.15, 0.2) is 0 Å². The first-order valence-corrected chi connectivity index (χ1v) is 7.87. The molecule has 0 aromatic rings. The fourth-order valence-corrected chi connectivity index (χ4v) is 2.88. The van der Waals surface area contributed by atoms with Crippen molar-refractivity contribution < 1.29 is 40.9 Å². The van der Waals surface area contributed by atoms with E-state index in [1.54, 1.807) is 13.0 Å². The fraction of sp³-hybridized carbons (Fsp3) is 0.450. The van der Waals surface area contributed by atoms with E-state index in [0.29, 0.717) is 0 Å². The molecule has 23 heavy (non-hydrogen) atoms. The molecule has 0 bridgehead atoms. The van der Waals surface area contributed by atoms with Crippen LogP contribution in [0.1, 0.15) is 55.3 Å². The summed E-state index contributed by atoms with van der Waals surface area (Å²) in [5.41, 5.74) is 5.09. The zero-order chi connectivity index (χ0) is 16.8. The van der Waals surface area contributed by atoms with Gasteiger partial charge in [0.25, 0.3) is 0 Å². The molecule has 0 saturated carbocycles. The van der Waals surface area contributed by atoms with Crippen molar-refractivity contribution >= 4 is 5.97 Å². The molecule has 0 radical (unpaired) electrons. The number of aliphatic carboxylic acids is 1. The summed E-state index contributed by atoms with van der Waals surface area (Å²) in [5, 5.41) is 8.65. The molecule has 1 rings (SSSR count). The molecule has 1 N–H and O–H groups in total. The van der Waals surface area contributed by atoms with Gasteiger partial charge in [0, 0.05) is 6.08 Å². The van der Waals surface area contributed by atoms with E-state index in [4.69, 9.17) is 5.11 Å². The van der Waals surface area contributed by atoms with E-state index in [2.05, 4.69) is 39.8 Å². The van der Waals surface area contributed by atoms with Gasteiger partial charge in [-0.1, -0.05) is 55.4 Å². The van der Waals surface area contributed by atoms with E-state index in [1.165, 1.54) is 36.5 Å². The molecular weight excluding hydrogens is 295 g/mol. The normalized spacial score (nSPS) is 19.3. The van der Waals surface area contributed by atoms with Crippen LogP contribution in [-0.2, 0) is 4.79 Å². The second-order valence-corrected chi connectivity index (χ2v) is 6.76. The number of carboxylic acids is 1. The molecule has 1 aliphatic rings. The Bertz CT molecular complexity index is 578. The van der Waals surface area contributed by atoms with Crippen LogP contribution in [0.3, 0.4) is 0 Å². The largest absolute Gasteiger partial charge is 1.00 e. The molecule has 0 spiro atoms. The predicted octanol–water partition coefficient (Wildman–Crippen LogP) is 2.72. The Kier molecular flexibility index (Phi) is 9.76. The summed E-state index contributed by atoms with van der Waals surface area (Å²) < 4.78 is 0. The molecule has 0 aromatic heterocycles. The maximum absolute atomic E-state index is 10.5. The van der Waals surface area contributed by atoms with Crippen LogP contribution >= 0.6 is 0 Å². The maximum atomic E-state index is 10.5. The van der Waals surface area contributed by atoms with Gasteiger partial charge in [-0.15, -0.1) is 0 Å². The number of hydrogen-bond acceptors (Lipinski definition) is 1. The van der Waals surface area contributed by atoms with Gasteiger partial charge in [-0.25, -0.2) is 4.79 Å². The predicted molar refractivity (Wildman–Crippen MR) is 94.9 cm³/mol. The Morgan fingerprint density at radius 2 is 1.87 bits per heavy atom. The Morgan fingerprint density at radius 3 is 2.43 bits per heavy atom. The van der Waals surface area contributed by atoms with Crippen molar-refractivity contribution in [3.63, 3.8) is 0 Å². The van der Waals surface area contributed by atoms with Crippen LogP contribution < -0.4 is 29.6 Å². The van der Waals surface area contributed by atoms with Gasteiger partial charge in [0.2, 0.25) is 0 Å². The van der Waals surface area contributed by atoms with Crippen LogP contribution in [0.25, 0.3) is 0 Å². The minimum absolute atomic E-state index is 0. The standard InChI is InChI=1S/C20H28O2.Na.H/c1-15(8-6-9-16(2)14-19(21)22)11-12-18-17(3)10-7-13-20(18,4)5;;/h6,8-9,11-12,14H,7,10,13H2,1-5H3,(H,21,22);;/q;+1;-1/b9-6+,12-11+,15-8-,16-14+;;. The van der Waals surface area contributed by atoms with E-state index in [1.807, 2.05) is 12.2 Å². The summed E-state index contributed by atoms with van der Waals surface area (Å²) in [6.07, 6.45) is 15.0. The number of allylic oxidation sites excluding steroid dienone is 9. The van der Waals surface area contributed by atoms with Crippen LogP contribution in [0, 0.1) is 5.41 Å². The first-order valence-electron chi connectivity index (χ1n) is 7.87. The molecule has 122 valence electrons. The SMILES string of the molecule is CC1=C(/C=C/C(C)=C\C=C\C(C)=C\C(=O)O)C(C)(C)CCC1.[H-].[Na+]. The molecule has 2 nitrogen and oxygen atoms in total. The summed E-state index contributed by atoms with van der Waals surface area (Å²) in [4.78, 5) is 10.5. The quantitative estimate of drug-likeness (QED) is 0.480. The minimum atomic E-state index is -0.912. The molecule has 3 heteroatoms. The Morgan fingerprint density at radius 1 is 1.22 bits per heavy atom. The van der Waals surface area contributed by atoms with Gasteiger partial charge >= 0.3 is 35.5 Å². The number of carboxylic acid groups (broad SMARTS) is 1. The number of carbonyl (C=O) groups is 1. The van der Waals surface area contributed by atoms with E-state index in [9.17, 15) is 4.79 Å². The Labute approximate surface area is 164 Å². The van der Waals surface area contributed by atoms with Crippen LogP contribution in [-0.4, -0.2) is 11.1 Å². The van der Waals surface area contributed by atoms with E-state index < -0.39 is 5.97 Å². The van der Waals surface area contributed by atoms with Crippen molar-refractivity contribution in [2.45, 2.75) is 53.9 Å². The smallest absolute Gasteiger partial charge is 1.00 e. The fourth-order valence-electron chi connectivity index (χ4n) is 2.88. The summed E-state index contributed by atoms with van der Waals surface area (Å²) in [7, 11) is 0. The molecule has 0 fully saturated rings. The molecule has 0 unspecified atom stereocenters. The molecule has 1 aliphatic carbocycles. The summed E-state index contributed by atoms with van der Waals surface area (Å²) in [6.45, 7) is 10.7. The van der Waals surface area contributed by atoms with Crippen molar-refractivity contribution in [3.05, 3.63) is 58.7 Å². The zero-order valence-electron chi connectivity index (χ0n) is 16.4. The van der Waals surface area contributed by atoms with Crippen LogP contribution in [0.4, 0.5) is 0 Å². The first-order chi connectivity index (χ1) is 10.2. The van der Waals surface area contributed by atoms with Crippen molar-refractivity contribution in [2.24, 2.45) is 5.41 Å². The Hall–Kier alpha value is -0.830. The maximum Gasteiger partial charge on any atom is 1.00 e. The molecule has 0 aliphatic heterocycles. The van der Waals surface area contributed by atoms with Gasteiger partial charge in [0.1, 0.15) is 0 Å². The van der Waals surface area contributed by atoms with Crippen molar-refractivity contribution in [2.75, 3.05) is 0 Å². The molecule has 0 amide bonds. The summed E-state index contributed by atoms with van der Waals surface area (Å²) in [5.74, 6) is -0.912. The third kappa shape index (κ3) is 8.01. The van der Waals surface area contributed by atoms with Gasteiger partial charge in [-0.05, 0) is 56.6 Å². The third-order valence-electron chi connectivity index (χ3n) is 4.12. The van der Waals surface area contributed by atoms with Gasteiger partial charge in [0.05, 0.1) is 0 Å². The Balaban J connectivity index is 0. The molecule has 0 aromatic carbocycles. The zero-order valence-corrected chi connectivity index (χ0v) is 17.4. The monoisotopic (exact) mass is 324 g/mol. The van der Waals surface area contributed by atoms with E-state index in [0.717, 1.165) is 11.1 Å². The number of hydrogen-bond donors (Lipinski definition) is 1. The van der Waals surface area contributed by atoms with Crippen molar-refractivity contribution in [1.82, 2.24) is 0 Å². The number of rotatable bonds is 5. The average molecular weight is 324 g/mol. The first kappa shape index (κ1) is 22.2. The molecular formula is C20H29NaO2. The third-order valence-corrected chi connectivity index (χ3v) is 4.12. The van der Waals surface area contributed by atoms with Crippen LogP contribution in [0.2, 0.25) is 0 Å². The van der Waals surface area contributed by atoms with Gasteiger partial charge in [-0.2, -0.15) is 0 Å². The van der Waals surface area contributed by atoms with E-state index >= 15 is 0 Å². The summed E-state index contributed by atoms with van der Waals surface area (Å²) >= 11 is 0. The molecule has 0 saturated heterocycles. The van der Waals surface area contributed by atoms with Crippen molar-refractivity contribution in [1.29, 1.82) is 0 Å². The van der Waals surface area contributed by atoms with Gasteiger partial charge < -0.3 is 6.53 Å². The van der Waals surface area contributed by atoms with Crippen LogP contribution in [0.15, 0.2) is 58.7 Å². The summed E-state index contributed by atoms with van der Waals surface area (Å²) in [6, 6.07) is 0. The second kappa shape index (κ2) is 10.1. The van der Waals surface area contributed by atoms with Crippen molar-refractivity contribution in [3.8, 4) is 0 Å². The topological polar surface area (TPSA) is 37.3 Å². The second-order valence-electron chi connectivity index (χ2n) is 6.76. The minimum Gasteiger partial charge on any atom is -1.00 e. The molecule has 0 heterocycles. The van der Waals surface area contributed by atoms with Crippen LogP contribution in [0.5, 0.6) is 0 Å².